The molecule has 0 saturated heterocycles. The van der Waals surface area contributed by atoms with E-state index in [1.165, 1.54) is 16.8 Å². The van der Waals surface area contributed by atoms with Crippen molar-refractivity contribution >= 4 is 17.2 Å². The number of hydrogen-bond donors (Lipinski definition) is 1. The van der Waals surface area contributed by atoms with Crippen LogP contribution in [-0.2, 0) is 6.54 Å². The van der Waals surface area contributed by atoms with Crippen LogP contribution in [0.1, 0.15) is 11.1 Å². The molecular weight excluding hydrogens is 336 g/mol. The van der Waals surface area contributed by atoms with Crippen LogP contribution in [-0.4, -0.2) is 33.9 Å². The van der Waals surface area contributed by atoms with Gasteiger partial charge in [0.1, 0.15) is 5.82 Å². The Morgan fingerprint density at radius 1 is 0.963 bits per heavy atom. The largest absolute Gasteiger partial charge is 0.378 e. The molecule has 1 N–H and O–H groups in total. The highest BCUT2D eigenvalue weighted by atomic mass is 15.4. The molecule has 0 aliphatic heterocycles. The smallest absolute Gasteiger partial charge is 0.185 e. The highest BCUT2D eigenvalue weighted by Crippen LogP contribution is 2.20. The van der Waals surface area contributed by atoms with Crippen LogP contribution in [0.4, 0.5) is 11.5 Å². The van der Waals surface area contributed by atoms with Crippen molar-refractivity contribution in [3.05, 3.63) is 71.8 Å². The van der Waals surface area contributed by atoms with Gasteiger partial charge < -0.3 is 10.2 Å². The highest BCUT2D eigenvalue weighted by molar-refractivity contribution is 5.59. The lowest BCUT2D eigenvalue weighted by molar-refractivity contribution is 0.924. The molecule has 2 aromatic carbocycles. The lowest BCUT2D eigenvalue weighted by Crippen LogP contribution is -2.10. The molecule has 0 aliphatic rings. The first-order valence-electron chi connectivity index (χ1n) is 8.90. The molecule has 0 atom stereocenters. The Hall–Kier alpha value is -3.41. The topological polar surface area (TPSA) is 58.3 Å². The summed E-state index contributed by atoms with van der Waals surface area (Å²) < 4.78 is 1.78. The first-order chi connectivity index (χ1) is 13.1. The second-order valence-corrected chi connectivity index (χ2v) is 6.74. The zero-order chi connectivity index (χ0) is 18.8. The number of nitrogens with zero attached hydrogens (tertiary/aromatic N) is 5. The summed E-state index contributed by atoms with van der Waals surface area (Å²) in [5.74, 6) is 1.52. The van der Waals surface area contributed by atoms with Gasteiger partial charge in [-0.05, 0) is 42.3 Å². The average Bonchev–Trinajstić information content (AvgIpc) is 3.11. The van der Waals surface area contributed by atoms with Crippen LogP contribution in [0.25, 0.3) is 17.0 Å². The Balaban J connectivity index is 1.58. The van der Waals surface area contributed by atoms with Crippen LogP contribution >= 0.6 is 0 Å². The van der Waals surface area contributed by atoms with E-state index < -0.39 is 0 Å². The van der Waals surface area contributed by atoms with Crippen molar-refractivity contribution in [2.75, 3.05) is 24.3 Å². The Morgan fingerprint density at radius 3 is 2.52 bits per heavy atom. The minimum Gasteiger partial charge on any atom is -0.378 e. The number of fused-ring (bicyclic) bond motifs is 1. The molecule has 6 heteroatoms. The zero-order valence-electron chi connectivity index (χ0n) is 15.7. The van der Waals surface area contributed by atoms with Gasteiger partial charge in [0.25, 0.3) is 0 Å². The number of nitrogens with one attached hydrogen (secondary N) is 1. The molecule has 136 valence electrons. The minimum atomic E-state index is 0.709. The second-order valence-electron chi connectivity index (χ2n) is 6.74. The maximum absolute atomic E-state index is 4.67. The van der Waals surface area contributed by atoms with Crippen LogP contribution in [0.5, 0.6) is 0 Å². The number of benzene rings is 2. The summed E-state index contributed by atoms with van der Waals surface area (Å²) in [7, 11) is 4.10. The molecule has 0 unspecified atom stereocenters. The minimum absolute atomic E-state index is 0.709. The Morgan fingerprint density at radius 2 is 1.78 bits per heavy atom. The van der Waals surface area contributed by atoms with E-state index in [4.69, 9.17) is 0 Å². The number of aryl methyl sites for hydroxylation is 1. The van der Waals surface area contributed by atoms with E-state index in [1.54, 1.807) is 4.52 Å². The van der Waals surface area contributed by atoms with Crippen molar-refractivity contribution in [2.45, 2.75) is 13.5 Å². The van der Waals surface area contributed by atoms with Crippen molar-refractivity contribution in [1.29, 1.82) is 0 Å². The van der Waals surface area contributed by atoms with Crippen molar-refractivity contribution in [3.63, 3.8) is 0 Å². The molecule has 27 heavy (non-hydrogen) atoms. The van der Waals surface area contributed by atoms with E-state index in [2.05, 4.69) is 64.7 Å². The summed E-state index contributed by atoms with van der Waals surface area (Å²) in [6.07, 6.45) is 0. The van der Waals surface area contributed by atoms with E-state index in [-0.39, 0.29) is 0 Å². The van der Waals surface area contributed by atoms with Gasteiger partial charge in [0.05, 0.1) is 0 Å². The van der Waals surface area contributed by atoms with Crippen molar-refractivity contribution in [1.82, 2.24) is 19.8 Å². The number of rotatable bonds is 5. The second kappa shape index (κ2) is 7.07. The van der Waals surface area contributed by atoms with Gasteiger partial charge in [-0.1, -0.05) is 36.4 Å². The number of aromatic nitrogens is 4. The third kappa shape index (κ3) is 3.46. The molecule has 2 heterocycles. The van der Waals surface area contributed by atoms with Gasteiger partial charge >= 0.3 is 0 Å². The molecular formula is C21H22N6. The maximum atomic E-state index is 4.67. The van der Waals surface area contributed by atoms with Crippen LogP contribution in [0.15, 0.2) is 60.7 Å². The fourth-order valence-electron chi connectivity index (χ4n) is 2.99. The normalized spacial score (nSPS) is 10.9. The predicted molar refractivity (Wildman–Crippen MR) is 109 cm³/mol. The van der Waals surface area contributed by atoms with E-state index in [0.717, 1.165) is 22.9 Å². The quantitative estimate of drug-likeness (QED) is 0.588. The molecule has 0 aliphatic carbocycles. The maximum Gasteiger partial charge on any atom is 0.185 e. The Kier molecular flexibility index (Phi) is 4.46. The molecule has 6 nitrogen and oxygen atoms in total. The van der Waals surface area contributed by atoms with Gasteiger partial charge in [-0.2, -0.15) is 4.52 Å². The van der Waals surface area contributed by atoms with Crippen molar-refractivity contribution in [3.8, 4) is 11.4 Å². The highest BCUT2D eigenvalue weighted by Gasteiger charge is 2.10. The predicted octanol–water partition coefficient (Wildman–Crippen LogP) is 3.78. The van der Waals surface area contributed by atoms with Crippen molar-refractivity contribution in [2.24, 2.45) is 0 Å². The van der Waals surface area contributed by atoms with Crippen LogP contribution in [0.2, 0.25) is 0 Å². The van der Waals surface area contributed by atoms with Gasteiger partial charge in [0.2, 0.25) is 0 Å². The molecule has 0 spiro atoms. The number of hydrogen-bond acceptors (Lipinski definition) is 5. The van der Waals surface area contributed by atoms with Crippen LogP contribution < -0.4 is 10.2 Å². The summed E-state index contributed by atoms with van der Waals surface area (Å²) in [6, 6.07) is 20.3. The third-order valence-corrected chi connectivity index (χ3v) is 4.60. The molecule has 0 fully saturated rings. The van der Waals surface area contributed by atoms with Crippen LogP contribution in [0.3, 0.4) is 0 Å². The molecule has 0 saturated carbocycles. The lowest BCUT2D eigenvalue weighted by atomic mass is 10.1. The van der Waals surface area contributed by atoms with Gasteiger partial charge in [-0.3, -0.25) is 0 Å². The summed E-state index contributed by atoms with van der Waals surface area (Å²) in [5, 5.41) is 16.6. The van der Waals surface area contributed by atoms with E-state index in [0.29, 0.717) is 6.54 Å². The zero-order valence-corrected chi connectivity index (χ0v) is 15.7. The monoisotopic (exact) mass is 358 g/mol. The van der Waals surface area contributed by atoms with E-state index in [9.17, 15) is 0 Å². The average molecular weight is 358 g/mol. The van der Waals surface area contributed by atoms with E-state index in [1.807, 2.05) is 42.5 Å². The number of anilines is 2. The molecule has 2 aromatic heterocycles. The van der Waals surface area contributed by atoms with Gasteiger partial charge in [-0.25, -0.2) is 0 Å². The third-order valence-electron chi connectivity index (χ3n) is 4.60. The van der Waals surface area contributed by atoms with Gasteiger partial charge in [0, 0.05) is 31.9 Å². The van der Waals surface area contributed by atoms with Crippen molar-refractivity contribution < 1.29 is 0 Å². The summed E-state index contributed by atoms with van der Waals surface area (Å²) >= 11 is 0. The SMILES string of the molecule is Cc1cc(N(C)C)ccc1CNc1ccc2nnc(-c3ccccc3)n2n1. The summed E-state index contributed by atoms with van der Waals surface area (Å²) in [5.41, 5.74) is 5.42. The summed E-state index contributed by atoms with van der Waals surface area (Å²) in [4.78, 5) is 2.11. The van der Waals surface area contributed by atoms with Gasteiger partial charge in [0.15, 0.2) is 11.5 Å². The van der Waals surface area contributed by atoms with Crippen LogP contribution in [0, 0.1) is 6.92 Å². The molecule has 4 aromatic rings. The first kappa shape index (κ1) is 17.0. The Bertz CT molecular complexity index is 1070. The molecule has 0 radical (unpaired) electrons. The molecule has 0 bridgehead atoms. The lowest BCUT2D eigenvalue weighted by Gasteiger charge is -2.15. The fourth-order valence-corrected chi connectivity index (χ4v) is 2.99. The molecule has 0 amide bonds. The standard InChI is InChI=1S/C21H22N6/c1-15-13-18(26(2)3)10-9-17(15)14-22-19-11-12-20-23-24-21(27(20)25-19)16-7-5-4-6-8-16/h4-13H,14H2,1-3H3,(H,22,25). The van der Waals surface area contributed by atoms with Gasteiger partial charge in [-0.15, -0.1) is 15.3 Å². The first-order valence-corrected chi connectivity index (χ1v) is 8.90. The van der Waals surface area contributed by atoms with E-state index >= 15 is 0 Å². The molecule has 4 rings (SSSR count). The fraction of sp³-hybridized carbons (Fsp3) is 0.190. The Labute approximate surface area is 158 Å². The summed E-state index contributed by atoms with van der Waals surface area (Å²) in [6.45, 7) is 2.84.